The SMILES string of the molecule is COc1cccc(-n2c(=O)[nH]c3c(C(N)=O)nc(-c4cccc(CN)c4)nc32)c1. The maximum Gasteiger partial charge on any atom is 0.332 e. The molecule has 9 heteroatoms. The van der Waals surface area contributed by atoms with E-state index < -0.39 is 11.6 Å². The topological polar surface area (TPSA) is 142 Å². The van der Waals surface area contributed by atoms with Crippen molar-refractivity contribution < 1.29 is 9.53 Å². The van der Waals surface area contributed by atoms with E-state index in [2.05, 4.69) is 15.0 Å². The second-order valence-corrected chi connectivity index (χ2v) is 6.33. The standard InChI is InChI=1S/C20H18N6O3/c1-29-14-7-3-6-13(9-14)26-19-16(24-20(26)28)15(17(22)27)23-18(25-19)12-5-2-4-11(8-12)10-21/h2-9H,10,21H2,1H3,(H2,22,27)(H,24,28). The van der Waals surface area contributed by atoms with Crippen LogP contribution in [-0.4, -0.2) is 32.5 Å². The van der Waals surface area contributed by atoms with E-state index in [1.165, 1.54) is 11.7 Å². The Hall–Kier alpha value is -3.98. The van der Waals surface area contributed by atoms with Crippen LogP contribution >= 0.6 is 0 Å². The van der Waals surface area contributed by atoms with Crippen molar-refractivity contribution in [2.24, 2.45) is 11.5 Å². The third-order valence-electron chi connectivity index (χ3n) is 4.50. The zero-order valence-corrected chi connectivity index (χ0v) is 15.5. The van der Waals surface area contributed by atoms with Crippen molar-refractivity contribution in [3.63, 3.8) is 0 Å². The highest BCUT2D eigenvalue weighted by atomic mass is 16.5. The zero-order valence-electron chi connectivity index (χ0n) is 15.5. The van der Waals surface area contributed by atoms with E-state index in [9.17, 15) is 9.59 Å². The molecule has 0 aliphatic rings. The third-order valence-corrected chi connectivity index (χ3v) is 4.50. The van der Waals surface area contributed by atoms with Crippen molar-refractivity contribution in [3.05, 3.63) is 70.3 Å². The highest BCUT2D eigenvalue weighted by molar-refractivity contribution is 6.02. The van der Waals surface area contributed by atoms with Crippen LogP contribution < -0.4 is 21.9 Å². The molecule has 0 aliphatic heterocycles. The molecule has 0 unspecified atom stereocenters. The number of carbonyl (C=O) groups excluding carboxylic acids is 1. The average Bonchev–Trinajstić information content (AvgIpc) is 3.08. The number of nitrogens with two attached hydrogens (primary N) is 2. The van der Waals surface area contributed by atoms with Crippen molar-refractivity contribution in [1.29, 1.82) is 0 Å². The zero-order chi connectivity index (χ0) is 20.5. The number of imidazole rings is 1. The van der Waals surface area contributed by atoms with Gasteiger partial charge in [0.15, 0.2) is 17.2 Å². The largest absolute Gasteiger partial charge is 0.497 e. The summed E-state index contributed by atoms with van der Waals surface area (Å²) in [4.78, 5) is 36.2. The molecule has 1 amide bonds. The van der Waals surface area contributed by atoms with E-state index in [-0.39, 0.29) is 22.7 Å². The molecule has 0 saturated heterocycles. The summed E-state index contributed by atoms with van der Waals surface area (Å²) in [7, 11) is 1.53. The molecule has 0 radical (unpaired) electrons. The lowest BCUT2D eigenvalue weighted by atomic mass is 10.1. The smallest absolute Gasteiger partial charge is 0.332 e. The number of benzene rings is 2. The number of primary amides is 1. The predicted octanol–water partition coefficient (Wildman–Crippen LogP) is 1.34. The van der Waals surface area contributed by atoms with Crippen molar-refractivity contribution in [1.82, 2.24) is 19.5 Å². The normalized spacial score (nSPS) is 11.0. The maximum atomic E-state index is 12.7. The van der Waals surface area contributed by atoms with Gasteiger partial charge >= 0.3 is 5.69 Å². The molecule has 0 bridgehead atoms. The number of aromatic amines is 1. The van der Waals surface area contributed by atoms with Gasteiger partial charge < -0.3 is 21.2 Å². The summed E-state index contributed by atoms with van der Waals surface area (Å²) < 4.78 is 6.59. The van der Waals surface area contributed by atoms with E-state index in [0.29, 0.717) is 23.5 Å². The molecule has 0 atom stereocenters. The highest BCUT2D eigenvalue weighted by Gasteiger charge is 2.20. The first-order valence-electron chi connectivity index (χ1n) is 8.78. The Morgan fingerprint density at radius 1 is 1.17 bits per heavy atom. The molecule has 9 nitrogen and oxygen atoms in total. The Morgan fingerprint density at radius 2 is 1.97 bits per heavy atom. The summed E-state index contributed by atoms with van der Waals surface area (Å²) in [5, 5.41) is 0. The number of fused-ring (bicyclic) bond motifs is 1. The fourth-order valence-corrected chi connectivity index (χ4v) is 3.12. The molecule has 0 aliphatic carbocycles. The molecule has 0 saturated carbocycles. The number of hydrogen-bond acceptors (Lipinski definition) is 6. The van der Waals surface area contributed by atoms with Gasteiger partial charge in [-0.3, -0.25) is 4.79 Å². The lowest BCUT2D eigenvalue weighted by Crippen LogP contribution is -2.15. The van der Waals surface area contributed by atoms with Gasteiger partial charge in [-0.2, -0.15) is 0 Å². The lowest BCUT2D eigenvalue weighted by Gasteiger charge is -2.08. The van der Waals surface area contributed by atoms with Crippen molar-refractivity contribution in [3.8, 4) is 22.8 Å². The maximum absolute atomic E-state index is 12.7. The van der Waals surface area contributed by atoms with E-state index >= 15 is 0 Å². The number of aromatic nitrogens is 4. The Kier molecular flexibility index (Phi) is 4.57. The van der Waals surface area contributed by atoms with Crippen molar-refractivity contribution >= 4 is 17.1 Å². The number of methoxy groups -OCH3 is 1. The Labute approximate surface area is 165 Å². The summed E-state index contributed by atoms with van der Waals surface area (Å²) in [6.45, 7) is 0.345. The molecular weight excluding hydrogens is 372 g/mol. The Balaban J connectivity index is 2.03. The highest BCUT2D eigenvalue weighted by Crippen LogP contribution is 2.24. The molecule has 2 heterocycles. The van der Waals surface area contributed by atoms with Crippen LogP contribution in [0.5, 0.6) is 5.75 Å². The van der Waals surface area contributed by atoms with E-state index in [4.69, 9.17) is 16.2 Å². The Morgan fingerprint density at radius 3 is 2.69 bits per heavy atom. The first kappa shape index (κ1) is 18.4. The van der Waals surface area contributed by atoms with Gasteiger partial charge in [0.1, 0.15) is 11.3 Å². The minimum Gasteiger partial charge on any atom is -0.497 e. The van der Waals surface area contributed by atoms with Crippen LogP contribution in [0, 0.1) is 0 Å². The molecule has 0 fully saturated rings. The molecule has 4 aromatic rings. The molecule has 0 spiro atoms. The van der Waals surface area contributed by atoms with Crippen LogP contribution in [-0.2, 0) is 6.54 Å². The second kappa shape index (κ2) is 7.21. The predicted molar refractivity (Wildman–Crippen MR) is 108 cm³/mol. The number of H-pyrrole nitrogens is 1. The first-order valence-corrected chi connectivity index (χ1v) is 8.78. The van der Waals surface area contributed by atoms with Crippen LogP contribution in [0.3, 0.4) is 0 Å². The third kappa shape index (κ3) is 3.23. The fourth-order valence-electron chi connectivity index (χ4n) is 3.12. The quantitative estimate of drug-likeness (QED) is 0.469. The fraction of sp³-hybridized carbons (Fsp3) is 0.100. The molecule has 5 N–H and O–H groups in total. The van der Waals surface area contributed by atoms with Gasteiger partial charge in [-0.1, -0.05) is 24.3 Å². The van der Waals surface area contributed by atoms with Gasteiger partial charge in [0.25, 0.3) is 5.91 Å². The van der Waals surface area contributed by atoms with Gasteiger partial charge in [0.2, 0.25) is 0 Å². The van der Waals surface area contributed by atoms with Gasteiger partial charge in [-0.15, -0.1) is 0 Å². The van der Waals surface area contributed by atoms with Crippen molar-refractivity contribution in [2.45, 2.75) is 6.54 Å². The number of nitrogens with zero attached hydrogens (tertiary/aromatic N) is 3. The molecule has 29 heavy (non-hydrogen) atoms. The van der Waals surface area contributed by atoms with Crippen LogP contribution in [0.25, 0.3) is 28.2 Å². The molecular formula is C20H18N6O3. The molecule has 2 aromatic carbocycles. The lowest BCUT2D eigenvalue weighted by molar-refractivity contribution is 0.0997. The summed E-state index contributed by atoms with van der Waals surface area (Å²) in [6.07, 6.45) is 0. The minimum absolute atomic E-state index is 0.0677. The van der Waals surface area contributed by atoms with Crippen LogP contribution in [0.15, 0.2) is 53.3 Å². The van der Waals surface area contributed by atoms with Gasteiger partial charge in [0, 0.05) is 18.2 Å². The number of carbonyl (C=O) groups is 1. The summed E-state index contributed by atoms with van der Waals surface area (Å²) in [5.41, 5.74) is 13.2. The van der Waals surface area contributed by atoms with Crippen LogP contribution in [0.1, 0.15) is 16.1 Å². The van der Waals surface area contributed by atoms with Crippen LogP contribution in [0.4, 0.5) is 0 Å². The molecule has 4 rings (SSSR count). The molecule has 2 aromatic heterocycles. The second-order valence-electron chi connectivity index (χ2n) is 6.33. The number of ether oxygens (including phenoxy) is 1. The number of nitrogens with one attached hydrogen (secondary N) is 1. The van der Waals surface area contributed by atoms with Crippen molar-refractivity contribution in [2.75, 3.05) is 7.11 Å². The monoisotopic (exact) mass is 390 g/mol. The number of amides is 1. The van der Waals surface area contributed by atoms with Gasteiger partial charge in [0.05, 0.1) is 12.8 Å². The number of hydrogen-bond donors (Lipinski definition) is 3. The Bertz CT molecular complexity index is 1290. The summed E-state index contributed by atoms with van der Waals surface area (Å²) in [5.74, 6) is 0.0636. The summed E-state index contributed by atoms with van der Waals surface area (Å²) in [6, 6.07) is 14.3. The minimum atomic E-state index is -0.771. The van der Waals surface area contributed by atoms with Crippen LogP contribution in [0.2, 0.25) is 0 Å². The van der Waals surface area contributed by atoms with E-state index in [0.717, 1.165) is 5.56 Å². The van der Waals surface area contributed by atoms with E-state index in [1.807, 2.05) is 18.2 Å². The first-order chi connectivity index (χ1) is 14.0. The molecule has 146 valence electrons. The number of rotatable bonds is 5. The average molecular weight is 390 g/mol. The van der Waals surface area contributed by atoms with Gasteiger partial charge in [-0.05, 0) is 23.8 Å². The summed E-state index contributed by atoms with van der Waals surface area (Å²) >= 11 is 0. The van der Waals surface area contributed by atoms with Gasteiger partial charge in [-0.25, -0.2) is 19.3 Å². The van der Waals surface area contributed by atoms with E-state index in [1.54, 1.807) is 30.3 Å².